The summed E-state index contributed by atoms with van der Waals surface area (Å²) >= 11 is 0. The average Bonchev–Trinajstić information content (AvgIpc) is 3.32. The summed E-state index contributed by atoms with van der Waals surface area (Å²) in [7, 11) is 0. The predicted octanol–water partition coefficient (Wildman–Crippen LogP) is 3.23. The fraction of sp³-hybridized carbons (Fsp3) is 0.409. The molecule has 0 spiro atoms. The molecule has 1 aromatic carbocycles. The lowest BCUT2D eigenvalue weighted by molar-refractivity contribution is -0.148. The van der Waals surface area contributed by atoms with E-state index in [1.807, 2.05) is 41.5 Å². The first-order chi connectivity index (χ1) is 13.4. The van der Waals surface area contributed by atoms with Crippen molar-refractivity contribution < 1.29 is 14.7 Å². The van der Waals surface area contributed by atoms with Gasteiger partial charge in [0, 0.05) is 28.7 Å². The Labute approximate surface area is 164 Å². The maximum absolute atomic E-state index is 13.1. The number of nitriles is 1. The summed E-state index contributed by atoms with van der Waals surface area (Å²) in [5, 5.41) is 18.7. The van der Waals surface area contributed by atoms with Crippen LogP contribution in [-0.2, 0) is 4.79 Å². The van der Waals surface area contributed by atoms with Crippen molar-refractivity contribution in [2.75, 3.05) is 6.54 Å². The molecule has 1 N–H and O–H groups in total. The first-order valence-electron chi connectivity index (χ1n) is 9.60. The zero-order valence-electron chi connectivity index (χ0n) is 16.1. The highest BCUT2D eigenvalue weighted by molar-refractivity contribution is 5.99. The summed E-state index contributed by atoms with van der Waals surface area (Å²) in [5.74, 6) is -0.837. The smallest absolute Gasteiger partial charge is 0.324 e. The number of aliphatic carboxylic acids is 1. The predicted molar refractivity (Wildman–Crippen MR) is 104 cm³/mol. The number of fused-ring (bicyclic) bond motifs is 2. The molecule has 0 unspecified atom stereocenters. The van der Waals surface area contributed by atoms with Crippen molar-refractivity contribution in [3.05, 3.63) is 52.8 Å². The van der Waals surface area contributed by atoms with Crippen LogP contribution in [0.15, 0.2) is 30.3 Å². The molecule has 2 bridgehead atoms. The molecule has 0 radical (unpaired) electrons. The van der Waals surface area contributed by atoms with E-state index >= 15 is 0 Å². The largest absolute Gasteiger partial charge is 0.480 e. The number of nitrogens with zero attached hydrogens (tertiary/aromatic N) is 3. The molecule has 1 aromatic heterocycles. The molecule has 6 heteroatoms. The summed E-state index contributed by atoms with van der Waals surface area (Å²) in [6.45, 7) is 4.00. The van der Waals surface area contributed by atoms with Gasteiger partial charge in [0.2, 0.25) is 0 Å². The molecule has 6 nitrogen and oxygen atoms in total. The number of benzene rings is 1. The molecule has 0 amide bonds. The molecule has 2 saturated heterocycles. The standard InChI is InChI=1S/C22H23N3O3/c1-14-11-19(15(2)25(14)18-5-3-16(12-23)4-6-18)20(26)13-24-17-7-9-22(24,10-8-17)21(27)28/h3-6,11,17H,7-10,13H2,1-2H3,(H,27,28). The number of ketones is 1. The van der Waals surface area contributed by atoms with Gasteiger partial charge in [-0.05, 0) is 69.9 Å². The molecule has 144 valence electrons. The quantitative estimate of drug-likeness (QED) is 0.809. The number of aromatic nitrogens is 1. The van der Waals surface area contributed by atoms with Gasteiger partial charge in [-0.1, -0.05) is 0 Å². The Balaban J connectivity index is 1.63. The molecule has 0 saturated carbocycles. The van der Waals surface area contributed by atoms with Crippen LogP contribution >= 0.6 is 0 Å². The Morgan fingerprint density at radius 3 is 2.43 bits per heavy atom. The molecule has 0 atom stereocenters. The highest BCUT2D eigenvalue weighted by Crippen LogP contribution is 2.46. The van der Waals surface area contributed by atoms with E-state index in [1.165, 1.54) is 0 Å². The zero-order chi connectivity index (χ0) is 20.1. The van der Waals surface area contributed by atoms with Crippen LogP contribution in [0, 0.1) is 25.2 Å². The normalized spacial score (nSPS) is 23.7. The number of aryl methyl sites for hydroxylation is 1. The van der Waals surface area contributed by atoms with Gasteiger partial charge in [-0.3, -0.25) is 14.5 Å². The van der Waals surface area contributed by atoms with Gasteiger partial charge < -0.3 is 9.67 Å². The van der Waals surface area contributed by atoms with Gasteiger partial charge in [0.25, 0.3) is 0 Å². The molecule has 28 heavy (non-hydrogen) atoms. The van der Waals surface area contributed by atoms with E-state index in [1.54, 1.807) is 12.1 Å². The minimum atomic E-state index is -0.862. The van der Waals surface area contributed by atoms with Gasteiger partial charge in [-0.25, -0.2) is 0 Å². The fourth-order valence-corrected chi connectivity index (χ4v) is 5.01. The van der Waals surface area contributed by atoms with Crippen molar-refractivity contribution >= 4 is 11.8 Å². The molecule has 3 heterocycles. The second kappa shape index (κ2) is 6.61. The maximum Gasteiger partial charge on any atom is 0.324 e. The third-order valence-electron chi connectivity index (χ3n) is 6.47. The van der Waals surface area contributed by atoms with Crippen LogP contribution in [0.1, 0.15) is 53.0 Å². The Hall–Kier alpha value is -2.91. The second-order valence-corrected chi connectivity index (χ2v) is 7.90. The highest BCUT2D eigenvalue weighted by Gasteiger charge is 2.57. The van der Waals surface area contributed by atoms with Gasteiger partial charge in [-0.15, -0.1) is 0 Å². The highest BCUT2D eigenvalue weighted by atomic mass is 16.4. The number of rotatable bonds is 5. The monoisotopic (exact) mass is 377 g/mol. The second-order valence-electron chi connectivity index (χ2n) is 7.90. The lowest BCUT2D eigenvalue weighted by Crippen LogP contribution is -2.49. The number of Topliss-reactive ketones (excluding diaryl/α,β-unsaturated/α-hetero) is 1. The van der Waals surface area contributed by atoms with Crippen molar-refractivity contribution in [1.29, 1.82) is 5.26 Å². The van der Waals surface area contributed by atoms with Gasteiger partial charge in [0.15, 0.2) is 5.78 Å². The topological polar surface area (TPSA) is 86.3 Å². The Bertz CT molecular complexity index is 989. The van der Waals surface area contributed by atoms with Gasteiger partial charge in [-0.2, -0.15) is 5.26 Å². The number of carbonyl (C=O) groups excluding carboxylic acids is 1. The Kier molecular flexibility index (Phi) is 4.35. The van der Waals surface area contributed by atoms with Crippen molar-refractivity contribution in [1.82, 2.24) is 9.47 Å². The van der Waals surface area contributed by atoms with Crippen LogP contribution in [-0.4, -0.2) is 44.5 Å². The number of carboxylic acids is 1. The van der Waals surface area contributed by atoms with Crippen LogP contribution < -0.4 is 0 Å². The Morgan fingerprint density at radius 2 is 1.86 bits per heavy atom. The first kappa shape index (κ1) is 18.5. The van der Waals surface area contributed by atoms with Gasteiger partial charge >= 0.3 is 5.97 Å². The molecule has 0 aliphatic carbocycles. The lowest BCUT2D eigenvalue weighted by Gasteiger charge is -2.30. The molecular formula is C22H23N3O3. The van der Waals surface area contributed by atoms with E-state index in [0.717, 1.165) is 29.9 Å². The van der Waals surface area contributed by atoms with Gasteiger partial charge in [0.1, 0.15) is 5.54 Å². The molecule has 2 fully saturated rings. The van der Waals surface area contributed by atoms with Crippen LogP contribution in [0.2, 0.25) is 0 Å². The Morgan fingerprint density at radius 1 is 1.21 bits per heavy atom. The maximum atomic E-state index is 13.1. The summed E-state index contributed by atoms with van der Waals surface area (Å²) in [5.41, 5.74) is 3.03. The molecule has 2 aromatic rings. The molecular weight excluding hydrogens is 354 g/mol. The summed E-state index contributed by atoms with van der Waals surface area (Å²) in [6.07, 6.45) is 2.96. The summed E-state index contributed by atoms with van der Waals surface area (Å²) < 4.78 is 2.00. The molecule has 2 aliphatic rings. The average molecular weight is 377 g/mol. The van der Waals surface area contributed by atoms with Crippen molar-refractivity contribution in [2.45, 2.75) is 51.1 Å². The van der Waals surface area contributed by atoms with E-state index in [4.69, 9.17) is 5.26 Å². The number of carbonyl (C=O) groups is 2. The zero-order valence-corrected chi connectivity index (χ0v) is 16.1. The third-order valence-corrected chi connectivity index (χ3v) is 6.47. The third kappa shape index (κ3) is 2.66. The summed E-state index contributed by atoms with van der Waals surface area (Å²) in [4.78, 5) is 26.9. The first-order valence-corrected chi connectivity index (χ1v) is 9.60. The summed E-state index contributed by atoms with van der Waals surface area (Å²) in [6, 6.07) is 11.4. The molecule has 2 aliphatic heterocycles. The van der Waals surface area contributed by atoms with E-state index < -0.39 is 11.5 Å². The fourth-order valence-electron chi connectivity index (χ4n) is 5.01. The number of hydrogen-bond donors (Lipinski definition) is 1. The van der Waals surface area contributed by atoms with Crippen molar-refractivity contribution in [2.24, 2.45) is 0 Å². The van der Waals surface area contributed by atoms with E-state index in [9.17, 15) is 14.7 Å². The van der Waals surface area contributed by atoms with Crippen molar-refractivity contribution in [3.8, 4) is 11.8 Å². The minimum Gasteiger partial charge on any atom is -0.480 e. The van der Waals surface area contributed by atoms with E-state index in [-0.39, 0.29) is 18.4 Å². The van der Waals surface area contributed by atoms with Crippen LogP contribution in [0.25, 0.3) is 5.69 Å². The minimum absolute atomic E-state index is 0.0348. The SMILES string of the molecule is Cc1cc(C(=O)CN2C3CCC2(C(=O)O)CC3)c(C)n1-c1ccc(C#N)cc1. The van der Waals surface area contributed by atoms with Crippen molar-refractivity contribution in [3.63, 3.8) is 0 Å². The molecule has 4 rings (SSSR count). The van der Waals surface area contributed by atoms with Gasteiger partial charge in [0.05, 0.1) is 18.2 Å². The van der Waals surface area contributed by atoms with Crippen LogP contribution in [0.3, 0.4) is 0 Å². The van der Waals surface area contributed by atoms with E-state index in [0.29, 0.717) is 24.0 Å². The van der Waals surface area contributed by atoms with Crippen LogP contribution in [0.5, 0.6) is 0 Å². The lowest BCUT2D eigenvalue weighted by atomic mass is 9.88. The number of carboxylic acid groups (broad SMARTS) is 1. The number of hydrogen-bond acceptors (Lipinski definition) is 4. The van der Waals surface area contributed by atoms with Crippen LogP contribution in [0.4, 0.5) is 0 Å². The van der Waals surface area contributed by atoms with E-state index in [2.05, 4.69) is 6.07 Å².